The van der Waals surface area contributed by atoms with Crippen LogP contribution in [0.15, 0.2) is 48.7 Å². The van der Waals surface area contributed by atoms with Crippen LogP contribution in [0.1, 0.15) is 48.3 Å². The molecule has 0 spiro atoms. The van der Waals surface area contributed by atoms with Crippen LogP contribution in [0.3, 0.4) is 0 Å². The minimum Gasteiger partial charge on any atom is -0.346 e. The van der Waals surface area contributed by atoms with Crippen LogP contribution in [0.25, 0.3) is 10.9 Å². The van der Waals surface area contributed by atoms with Gasteiger partial charge in [0, 0.05) is 25.7 Å². The maximum atomic E-state index is 13.3. The molecule has 6 nitrogen and oxygen atoms in total. The third-order valence-electron chi connectivity index (χ3n) is 6.41. The van der Waals surface area contributed by atoms with Crippen molar-refractivity contribution in [2.24, 2.45) is 7.05 Å². The number of likely N-dealkylation sites (N-methyl/N-ethyl adjacent to an activating group) is 1. The highest BCUT2D eigenvalue weighted by atomic mass is 16.2. The smallest absolute Gasteiger partial charge is 0.239 e. The number of guanidine groups is 1. The van der Waals surface area contributed by atoms with Gasteiger partial charge in [0.2, 0.25) is 5.91 Å². The molecule has 29 heavy (non-hydrogen) atoms. The summed E-state index contributed by atoms with van der Waals surface area (Å²) in [5, 5.41) is 17.2. The van der Waals surface area contributed by atoms with Crippen molar-refractivity contribution in [3.8, 4) is 0 Å². The molecule has 1 saturated carbocycles. The Hall–Kier alpha value is -3.15. The van der Waals surface area contributed by atoms with Crippen molar-refractivity contribution in [1.29, 1.82) is 5.41 Å². The van der Waals surface area contributed by atoms with E-state index >= 15 is 0 Å². The maximum absolute atomic E-state index is 13.3. The first kappa shape index (κ1) is 17.9. The third-order valence-corrected chi connectivity index (χ3v) is 6.41. The van der Waals surface area contributed by atoms with E-state index in [0.29, 0.717) is 5.92 Å². The molecule has 6 heteroatoms. The second-order valence-electron chi connectivity index (χ2n) is 8.52. The van der Waals surface area contributed by atoms with Crippen LogP contribution in [0.5, 0.6) is 0 Å². The number of aryl methyl sites for hydroxylation is 1. The highest BCUT2D eigenvalue weighted by Gasteiger charge is 2.48. The molecule has 2 fully saturated rings. The summed E-state index contributed by atoms with van der Waals surface area (Å²) in [4.78, 5) is 14.8. The van der Waals surface area contributed by atoms with Crippen LogP contribution < -0.4 is 5.32 Å². The van der Waals surface area contributed by atoms with Gasteiger partial charge in [0.25, 0.3) is 0 Å². The van der Waals surface area contributed by atoms with Crippen LogP contribution in [-0.2, 0) is 17.4 Å². The summed E-state index contributed by atoms with van der Waals surface area (Å²) in [7, 11) is 3.56. The lowest BCUT2D eigenvalue weighted by Gasteiger charge is -2.46. The second kappa shape index (κ2) is 6.17. The fourth-order valence-electron chi connectivity index (χ4n) is 4.51. The fourth-order valence-corrected chi connectivity index (χ4v) is 4.51. The molecule has 3 aromatic rings. The lowest BCUT2D eigenvalue weighted by molar-refractivity contribution is -0.131. The third kappa shape index (κ3) is 2.82. The van der Waals surface area contributed by atoms with Crippen LogP contribution in [0.2, 0.25) is 0 Å². The maximum Gasteiger partial charge on any atom is 0.239 e. The highest BCUT2D eigenvalue weighted by Crippen LogP contribution is 2.43. The first-order valence-electron chi connectivity index (χ1n) is 10.0. The largest absolute Gasteiger partial charge is 0.346 e. The molecule has 2 aliphatic rings. The zero-order valence-corrected chi connectivity index (χ0v) is 16.9. The fraction of sp³-hybridized carbons (Fsp3) is 0.348. The Labute approximate surface area is 170 Å². The van der Waals surface area contributed by atoms with Crippen molar-refractivity contribution in [3.63, 3.8) is 0 Å². The molecule has 5 rings (SSSR count). The number of hydrogen-bond donors (Lipinski definition) is 2. The number of aromatic nitrogens is 2. The van der Waals surface area contributed by atoms with Gasteiger partial charge in [-0.3, -0.25) is 19.8 Å². The Morgan fingerprint density at radius 3 is 2.48 bits per heavy atom. The number of carbonyl (C=O) groups excluding carboxylic acids is 1. The van der Waals surface area contributed by atoms with Gasteiger partial charge >= 0.3 is 0 Å². The summed E-state index contributed by atoms with van der Waals surface area (Å²) in [6, 6.07) is 14.6. The van der Waals surface area contributed by atoms with Crippen LogP contribution >= 0.6 is 0 Å². The van der Waals surface area contributed by atoms with E-state index in [1.807, 2.05) is 38.4 Å². The van der Waals surface area contributed by atoms with Gasteiger partial charge < -0.3 is 5.32 Å². The number of hydrogen-bond acceptors (Lipinski definition) is 3. The number of nitrogens with one attached hydrogen (secondary N) is 2. The summed E-state index contributed by atoms with van der Waals surface area (Å²) in [5.74, 6) is 0.287. The molecular weight excluding hydrogens is 362 g/mol. The van der Waals surface area contributed by atoms with Crippen molar-refractivity contribution >= 4 is 22.8 Å². The lowest BCUT2D eigenvalue weighted by Crippen LogP contribution is -2.62. The normalized spacial score (nSPS) is 24.8. The van der Waals surface area contributed by atoms with Gasteiger partial charge in [0.1, 0.15) is 0 Å². The standard InChI is InChI=1S/C23H25N5O/c1-23(18-11-10-17-13-27(2)26-19(17)12-18)20(21(29)28(3)22(24)25-23)16-8-6-15(7-9-16)14-4-5-14/h6-14,20H,4-5H2,1-3H3,(H2,24,25)/t20-,23-/m1/s1. The molecule has 2 N–H and O–H groups in total. The average molecular weight is 387 g/mol. The molecule has 1 aliphatic heterocycles. The van der Waals surface area contributed by atoms with E-state index in [1.54, 1.807) is 11.7 Å². The summed E-state index contributed by atoms with van der Waals surface area (Å²) < 4.78 is 1.79. The predicted octanol–water partition coefficient (Wildman–Crippen LogP) is 3.45. The van der Waals surface area contributed by atoms with Crippen LogP contribution in [-0.4, -0.2) is 33.6 Å². The number of fused-ring (bicyclic) bond motifs is 1. The van der Waals surface area contributed by atoms with E-state index in [2.05, 4.69) is 34.7 Å². The highest BCUT2D eigenvalue weighted by molar-refractivity contribution is 6.02. The van der Waals surface area contributed by atoms with Gasteiger partial charge in [-0.25, -0.2) is 0 Å². The Bertz CT molecular complexity index is 1130. The minimum absolute atomic E-state index is 0.0726. The topological polar surface area (TPSA) is 74.0 Å². The molecular formula is C23H25N5O. The van der Waals surface area contributed by atoms with Crippen molar-refractivity contribution in [2.45, 2.75) is 37.1 Å². The number of benzene rings is 2. The quantitative estimate of drug-likeness (QED) is 0.723. The number of carbonyl (C=O) groups is 1. The van der Waals surface area contributed by atoms with Gasteiger partial charge in [-0.1, -0.05) is 36.4 Å². The molecule has 2 aromatic carbocycles. The number of nitrogens with zero attached hydrogens (tertiary/aromatic N) is 3. The monoisotopic (exact) mass is 387 g/mol. The number of rotatable bonds is 3. The summed E-state index contributed by atoms with van der Waals surface area (Å²) in [5.41, 5.74) is 3.41. The molecule has 2 heterocycles. The zero-order chi connectivity index (χ0) is 20.3. The van der Waals surface area contributed by atoms with E-state index in [0.717, 1.165) is 22.0 Å². The van der Waals surface area contributed by atoms with E-state index in [-0.39, 0.29) is 11.9 Å². The van der Waals surface area contributed by atoms with Gasteiger partial charge in [-0.2, -0.15) is 5.10 Å². The molecule has 1 amide bonds. The van der Waals surface area contributed by atoms with Gasteiger partial charge in [0.05, 0.1) is 17.0 Å². The molecule has 2 atom stereocenters. The molecule has 0 bridgehead atoms. The van der Waals surface area contributed by atoms with E-state index in [9.17, 15) is 4.79 Å². The first-order valence-corrected chi connectivity index (χ1v) is 10.0. The summed E-state index contributed by atoms with van der Waals surface area (Å²) >= 11 is 0. The lowest BCUT2D eigenvalue weighted by atomic mass is 9.73. The molecule has 1 saturated heterocycles. The van der Waals surface area contributed by atoms with Gasteiger partial charge in [-0.15, -0.1) is 0 Å². The molecule has 148 valence electrons. The molecule has 1 aromatic heterocycles. The Kier molecular flexibility index (Phi) is 3.81. The van der Waals surface area contributed by atoms with Crippen LogP contribution in [0, 0.1) is 5.41 Å². The van der Waals surface area contributed by atoms with Crippen molar-refractivity contribution in [3.05, 3.63) is 65.4 Å². The van der Waals surface area contributed by atoms with Crippen molar-refractivity contribution in [2.75, 3.05) is 7.05 Å². The van der Waals surface area contributed by atoms with Gasteiger partial charge in [0.15, 0.2) is 5.96 Å². The molecule has 1 aliphatic carbocycles. The second-order valence-corrected chi connectivity index (χ2v) is 8.52. The van der Waals surface area contributed by atoms with Crippen molar-refractivity contribution in [1.82, 2.24) is 20.0 Å². The summed E-state index contributed by atoms with van der Waals surface area (Å²) in [6.07, 6.45) is 4.49. The average Bonchev–Trinajstić information content (AvgIpc) is 3.47. The van der Waals surface area contributed by atoms with Crippen molar-refractivity contribution < 1.29 is 4.79 Å². The SMILES string of the molecule is CN1C(=N)N[C@](C)(c2ccc3cn(C)nc3c2)[C@H](c2ccc(C3CC3)cc2)C1=O. The molecule has 0 unspecified atom stereocenters. The predicted molar refractivity (Wildman–Crippen MR) is 113 cm³/mol. The van der Waals surface area contributed by atoms with E-state index in [4.69, 9.17) is 5.41 Å². The van der Waals surface area contributed by atoms with E-state index < -0.39 is 11.5 Å². The minimum atomic E-state index is -0.743. The Morgan fingerprint density at radius 1 is 1.10 bits per heavy atom. The van der Waals surface area contributed by atoms with Crippen LogP contribution in [0.4, 0.5) is 0 Å². The first-order chi connectivity index (χ1) is 13.9. The Morgan fingerprint density at radius 2 is 1.79 bits per heavy atom. The van der Waals surface area contributed by atoms with Gasteiger partial charge in [-0.05, 0) is 48.4 Å². The summed E-state index contributed by atoms with van der Waals surface area (Å²) in [6.45, 7) is 2.01. The van der Waals surface area contributed by atoms with E-state index in [1.165, 1.54) is 23.3 Å². The molecule has 0 radical (unpaired) electrons. The number of amides is 1. The zero-order valence-electron chi connectivity index (χ0n) is 16.9. The Balaban J connectivity index is 1.62.